The summed E-state index contributed by atoms with van der Waals surface area (Å²) in [4.78, 5) is 20.1. The Morgan fingerprint density at radius 3 is 2.70 bits per heavy atom. The molecule has 5 heteroatoms. The van der Waals surface area contributed by atoms with E-state index in [9.17, 15) is 4.79 Å². The summed E-state index contributed by atoms with van der Waals surface area (Å²) in [5, 5.41) is 2.94. The maximum atomic E-state index is 12.3. The number of ether oxygens (including phenoxy) is 1. The minimum atomic E-state index is -0.227. The molecule has 4 rings (SSSR count). The molecule has 0 saturated heterocycles. The Bertz CT molecular complexity index is 1130. The summed E-state index contributed by atoms with van der Waals surface area (Å²) < 4.78 is 5.84. The molecule has 1 amide bonds. The number of aromatic amines is 1. The topological polar surface area (TPSA) is 67.0 Å². The van der Waals surface area contributed by atoms with E-state index in [4.69, 9.17) is 4.74 Å². The van der Waals surface area contributed by atoms with E-state index < -0.39 is 0 Å². The number of amides is 1. The van der Waals surface area contributed by atoms with Crippen LogP contribution in [0.15, 0.2) is 84.9 Å². The van der Waals surface area contributed by atoms with Crippen molar-refractivity contribution in [1.82, 2.24) is 15.3 Å². The molecule has 0 aliphatic carbocycles. The molecule has 4 aromatic rings. The Kier molecular flexibility index (Phi) is 5.90. The van der Waals surface area contributed by atoms with Gasteiger partial charge in [-0.2, -0.15) is 0 Å². The van der Waals surface area contributed by atoms with Gasteiger partial charge in [-0.05, 0) is 48.4 Å². The van der Waals surface area contributed by atoms with E-state index in [2.05, 4.69) is 15.3 Å². The summed E-state index contributed by atoms with van der Waals surface area (Å²) in [6.45, 7) is 2.41. The Hall–Kier alpha value is -3.86. The van der Waals surface area contributed by atoms with Gasteiger partial charge in [-0.3, -0.25) is 4.79 Å². The van der Waals surface area contributed by atoms with Crippen molar-refractivity contribution in [2.45, 2.75) is 19.6 Å². The fourth-order valence-corrected chi connectivity index (χ4v) is 3.13. The summed E-state index contributed by atoms with van der Waals surface area (Å²) in [5.41, 5.74) is 3.84. The molecule has 1 aromatic heterocycles. The molecule has 1 unspecified atom stereocenters. The molecular formula is C25H23N3O2. The number of nitrogens with zero attached hydrogens (tertiary/aromatic N) is 1. The van der Waals surface area contributed by atoms with Gasteiger partial charge in [0.2, 0.25) is 5.91 Å². The van der Waals surface area contributed by atoms with Crippen LogP contribution in [0.1, 0.15) is 29.9 Å². The van der Waals surface area contributed by atoms with Crippen LogP contribution in [-0.4, -0.2) is 15.9 Å². The van der Waals surface area contributed by atoms with Gasteiger partial charge < -0.3 is 15.0 Å². The summed E-state index contributed by atoms with van der Waals surface area (Å²) in [6.07, 6.45) is 3.30. The first-order valence-electron chi connectivity index (χ1n) is 9.87. The smallest absolute Gasteiger partial charge is 0.244 e. The molecule has 2 N–H and O–H groups in total. The Morgan fingerprint density at radius 1 is 1.07 bits per heavy atom. The lowest BCUT2D eigenvalue weighted by atomic mass is 10.2. The van der Waals surface area contributed by atoms with E-state index in [1.165, 1.54) is 6.08 Å². The van der Waals surface area contributed by atoms with Gasteiger partial charge in [-0.1, -0.05) is 54.6 Å². The van der Waals surface area contributed by atoms with Gasteiger partial charge >= 0.3 is 0 Å². The predicted octanol–water partition coefficient (Wildman–Crippen LogP) is 5.03. The zero-order chi connectivity index (χ0) is 20.8. The number of H-pyrrole nitrogens is 1. The minimum Gasteiger partial charge on any atom is -0.489 e. The first-order chi connectivity index (χ1) is 14.7. The lowest BCUT2D eigenvalue weighted by molar-refractivity contribution is -0.117. The second kappa shape index (κ2) is 9.09. The van der Waals surface area contributed by atoms with Crippen LogP contribution >= 0.6 is 0 Å². The number of rotatable bonds is 7. The summed E-state index contributed by atoms with van der Waals surface area (Å²) >= 11 is 0. The Balaban J connectivity index is 1.35. The zero-order valence-electron chi connectivity index (χ0n) is 16.7. The molecule has 30 heavy (non-hydrogen) atoms. The summed E-state index contributed by atoms with van der Waals surface area (Å²) in [5.74, 6) is 1.31. The number of carbonyl (C=O) groups excluding carboxylic acids is 1. The number of para-hydroxylation sites is 2. The van der Waals surface area contributed by atoms with Crippen LogP contribution in [0, 0.1) is 0 Å². The highest BCUT2D eigenvalue weighted by Gasteiger charge is 2.12. The van der Waals surface area contributed by atoms with E-state index in [1.807, 2.05) is 85.8 Å². The third-order valence-electron chi connectivity index (χ3n) is 4.71. The number of hydrogen-bond donors (Lipinski definition) is 2. The van der Waals surface area contributed by atoms with E-state index in [0.717, 1.165) is 33.7 Å². The molecule has 0 fully saturated rings. The molecule has 150 valence electrons. The molecule has 1 heterocycles. The number of hydrogen-bond acceptors (Lipinski definition) is 3. The van der Waals surface area contributed by atoms with E-state index in [-0.39, 0.29) is 11.9 Å². The average Bonchev–Trinajstić information content (AvgIpc) is 3.22. The highest BCUT2D eigenvalue weighted by molar-refractivity contribution is 5.92. The van der Waals surface area contributed by atoms with Crippen molar-refractivity contribution in [3.63, 3.8) is 0 Å². The average molecular weight is 397 g/mol. The van der Waals surface area contributed by atoms with E-state index in [1.54, 1.807) is 6.08 Å². The highest BCUT2D eigenvalue weighted by atomic mass is 16.5. The molecule has 1 atom stereocenters. The van der Waals surface area contributed by atoms with Gasteiger partial charge in [0, 0.05) is 6.08 Å². The number of fused-ring (bicyclic) bond motifs is 1. The standard InChI is InChI=1S/C25H23N3O2/c1-18(25-27-22-12-5-6-13-23(22)28-25)26-24(29)15-14-19-10-7-11-21(16-19)30-17-20-8-3-2-4-9-20/h2-16,18H,17H2,1H3,(H,26,29)(H,27,28). The molecule has 0 bridgehead atoms. The van der Waals surface area contributed by atoms with Crippen molar-refractivity contribution in [1.29, 1.82) is 0 Å². The minimum absolute atomic E-state index is 0.182. The monoisotopic (exact) mass is 397 g/mol. The fraction of sp³-hybridized carbons (Fsp3) is 0.120. The van der Waals surface area contributed by atoms with Gasteiger partial charge in [0.25, 0.3) is 0 Å². The first kappa shape index (κ1) is 19.5. The number of nitrogens with one attached hydrogen (secondary N) is 2. The summed E-state index contributed by atoms with van der Waals surface area (Å²) in [6, 6.07) is 25.2. The van der Waals surface area contributed by atoms with Crippen LogP contribution in [0.4, 0.5) is 0 Å². The van der Waals surface area contributed by atoms with Crippen LogP contribution < -0.4 is 10.1 Å². The van der Waals surface area contributed by atoms with Crippen molar-refractivity contribution < 1.29 is 9.53 Å². The predicted molar refractivity (Wildman–Crippen MR) is 119 cm³/mol. The molecule has 0 aliphatic heterocycles. The molecule has 0 radical (unpaired) electrons. The van der Waals surface area contributed by atoms with Crippen molar-refractivity contribution in [2.24, 2.45) is 0 Å². The number of imidazole rings is 1. The number of carbonyl (C=O) groups is 1. The van der Waals surface area contributed by atoms with Gasteiger partial charge in [-0.15, -0.1) is 0 Å². The van der Waals surface area contributed by atoms with Crippen LogP contribution in [0.2, 0.25) is 0 Å². The second-order valence-electron chi connectivity index (χ2n) is 7.05. The molecule has 3 aromatic carbocycles. The molecule has 5 nitrogen and oxygen atoms in total. The molecule has 0 aliphatic rings. The van der Waals surface area contributed by atoms with Crippen molar-refractivity contribution >= 4 is 23.0 Å². The van der Waals surface area contributed by atoms with Crippen molar-refractivity contribution in [2.75, 3.05) is 0 Å². The fourth-order valence-electron chi connectivity index (χ4n) is 3.13. The van der Waals surface area contributed by atoms with Gasteiger partial charge in [0.15, 0.2) is 0 Å². The Morgan fingerprint density at radius 2 is 1.87 bits per heavy atom. The van der Waals surface area contributed by atoms with Crippen LogP contribution in [0.5, 0.6) is 5.75 Å². The van der Waals surface area contributed by atoms with E-state index in [0.29, 0.717) is 6.61 Å². The quantitative estimate of drug-likeness (QED) is 0.430. The van der Waals surface area contributed by atoms with Crippen molar-refractivity contribution in [3.05, 3.63) is 102 Å². The van der Waals surface area contributed by atoms with Gasteiger partial charge in [0.1, 0.15) is 18.2 Å². The maximum Gasteiger partial charge on any atom is 0.244 e. The maximum absolute atomic E-state index is 12.3. The second-order valence-corrected chi connectivity index (χ2v) is 7.05. The third kappa shape index (κ3) is 4.94. The van der Waals surface area contributed by atoms with E-state index >= 15 is 0 Å². The van der Waals surface area contributed by atoms with Crippen LogP contribution in [0.25, 0.3) is 17.1 Å². The SMILES string of the molecule is CC(NC(=O)C=Cc1cccc(OCc2ccccc2)c1)c1nc2ccccc2[nH]1. The lowest BCUT2D eigenvalue weighted by Gasteiger charge is -2.09. The molecule has 0 spiro atoms. The lowest BCUT2D eigenvalue weighted by Crippen LogP contribution is -2.25. The molecular weight excluding hydrogens is 374 g/mol. The van der Waals surface area contributed by atoms with Crippen LogP contribution in [0.3, 0.4) is 0 Å². The summed E-state index contributed by atoms with van der Waals surface area (Å²) in [7, 11) is 0. The largest absolute Gasteiger partial charge is 0.489 e. The first-order valence-corrected chi connectivity index (χ1v) is 9.87. The highest BCUT2D eigenvalue weighted by Crippen LogP contribution is 2.17. The zero-order valence-corrected chi connectivity index (χ0v) is 16.7. The number of aromatic nitrogens is 2. The van der Waals surface area contributed by atoms with Gasteiger partial charge in [-0.25, -0.2) is 4.98 Å². The normalized spacial score (nSPS) is 12.2. The van der Waals surface area contributed by atoms with Crippen molar-refractivity contribution in [3.8, 4) is 5.75 Å². The van der Waals surface area contributed by atoms with Crippen LogP contribution in [-0.2, 0) is 11.4 Å². The molecule has 0 saturated carbocycles. The van der Waals surface area contributed by atoms with Gasteiger partial charge in [0.05, 0.1) is 17.1 Å². The third-order valence-corrected chi connectivity index (χ3v) is 4.71. The Labute approximate surface area is 175 Å². The number of benzene rings is 3.